The van der Waals surface area contributed by atoms with Gasteiger partial charge in [-0.15, -0.1) is 0 Å². The Morgan fingerprint density at radius 2 is 1.58 bits per heavy atom. The van der Waals surface area contributed by atoms with Crippen LogP contribution in [0.5, 0.6) is 0 Å². The van der Waals surface area contributed by atoms with Crippen LogP contribution in [0, 0.1) is 6.92 Å². The molecule has 0 saturated carbocycles. The average Bonchev–Trinajstić information content (AvgIpc) is 2.60. The molecular weight excluding hydrogens is 411 g/mol. The molecule has 0 aliphatic rings. The first-order chi connectivity index (χ1) is 12.4. The van der Waals surface area contributed by atoms with Crippen molar-refractivity contribution in [1.29, 1.82) is 0 Å². The van der Waals surface area contributed by atoms with Crippen molar-refractivity contribution in [2.75, 3.05) is 4.72 Å². The van der Waals surface area contributed by atoms with Gasteiger partial charge in [0.2, 0.25) is 0 Å². The van der Waals surface area contributed by atoms with Crippen LogP contribution in [0.15, 0.2) is 75.6 Å². The lowest BCUT2D eigenvalue weighted by Crippen LogP contribution is -2.13. The molecule has 2 aromatic carbocycles. The van der Waals surface area contributed by atoms with Gasteiger partial charge in [-0.2, -0.15) is 0 Å². The number of benzene rings is 2. The summed E-state index contributed by atoms with van der Waals surface area (Å²) in [6, 6.07) is 13.7. The smallest absolute Gasteiger partial charge is 0.261 e. The normalized spacial score (nSPS) is 11.3. The van der Waals surface area contributed by atoms with Gasteiger partial charge < -0.3 is 0 Å². The Kier molecular flexibility index (Phi) is 5.77. The lowest BCUT2D eigenvalue weighted by molar-refractivity contribution is 0.601. The van der Waals surface area contributed by atoms with E-state index in [-0.39, 0.29) is 4.90 Å². The molecular formula is C18H14Cl2N2O2S2. The fourth-order valence-electron chi connectivity index (χ4n) is 2.17. The SMILES string of the molecule is Cc1ccc(S(=O)(=O)Nc2ccccc2Sc2c(Cl)cncc2Cl)cc1. The molecule has 3 aromatic rings. The number of rotatable bonds is 5. The topological polar surface area (TPSA) is 59.1 Å². The second-order valence-electron chi connectivity index (χ2n) is 5.45. The van der Waals surface area contributed by atoms with E-state index in [0.717, 1.165) is 5.56 Å². The summed E-state index contributed by atoms with van der Waals surface area (Å²) in [5.74, 6) is 0. The highest BCUT2D eigenvalue weighted by Crippen LogP contribution is 2.41. The third kappa shape index (κ3) is 4.32. The number of para-hydroxylation sites is 1. The van der Waals surface area contributed by atoms with E-state index in [1.54, 1.807) is 42.5 Å². The molecule has 0 aliphatic carbocycles. The molecule has 8 heteroatoms. The highest BCUT2D eigenvalue weighted by molar-refractivity contribution is 8.00. The third-order valence-corrected chi connectivity index (χ3v) is 6.88. The lowest BCUT2D eigenvalue weighted by Gasteiger charge is -2.13. The monoisotopic (exact) mass is 424 g/mol. The molecule has 26 heavy (non-hydrogen) atoms. The minimum Gasteiger partial charge on any atom is -0.278 e. The van der Waals surface area contributed by atoms with E-state index in [9.17, 15) is 8.42 Å². The fourth-order valence-corrected chi connectivity index (χ4v) is 4.80. The third-order valence-electron chi connectivity index (χ3n) is 3.48. The molecule has 1 aromatic heterocycles. The van der Waals surface area contributed by atoms with Gasteiger partial charge in [0.25, 0.3) is 10.0 Å². The van der Waals surface area contributed by atoms with Crippen molar-refractivity contribution >= 4 is 50.7 Å². The quantitative estimate of drug-likeness (QED) is 0.574. The minimum absolute atomic E-state index is 0.197. The van der Waals surface area contributed by atoms with E-state index in [2.05, 4.69) is 9.71 Å². The van der Waals surface area contributed by atoms with Crippen LogP contribution in [-0.4, -0.2) is 13.4 Å². The molecule has 0 spiro atoms. The van der Waals surface area contributed by atoms with E-state index in [0.29, 0.717) is 25.5 Å². The van der Waals surface area contributed by atoms with Crippen LogP contribution < -0.4 is 4.72 Å². The van der Waals surface area contributed by atoms with E-state index in [1.807, 2.05) is 13.0 Å². The molecule has 0 radical (unpaired) electrons. The second kappa shape index (κ2) is 7.88. The highest BCUT2D eigenvalue weighted by atomic mass is 35.5. The summed E-state index contributed by atoms with van der Waals surface area (Å²) in [6.07, 6.45) is 2.99. The Balaban J connectivity index is 1.94. The maximum Gasteiger partial charge on any atom is 0.261 e. The number of aryl methyl sites for hydroxylation is 1. The lowest BCUT2D eigenvalue weighted by atomic mass is 10.2. The zero-order chi connectivity index (χ0) is 18.7. The minimum atomic E-state index is -3.71. The first-order valence-corrected chi connectivity index (χ1v) is 10.6. The number of nitrogens with one attached hydrogen (secondary N) is 1. The van der Waals surface area contributed by atoms with Gasteiger partial charge in [-0.1, -0.05) is 64.8 Å². The Hall–Kier alpha value is -1.73. The van der Waals surface area contributed by atoms with Crippen LogP contribution in [0.2, 0.25) is 10.0 Å². The van der Waals surface area contributed by atoms with Crippen LogP contribution in [0.25, 0.3) is 0 Å². The molecule has 0 bridgehead atoms. The summed E-state index contributed by atoms with van der Waals surface area (Å²) in [4.78, 5) is 5.42. The molecule has 1 heterocycles. The maximum absolute atomic E-state index is 12.7. The molecule has 4 nitrogen and oxygen atoms in total. The van der Waals surface area contributed by atoms with Crippen molar-refractivity contribution in [2.24, 2.45) is 0 Å². The van der Waals surface area contributed by atoms with Crippen molar-refractivity contribution in [3.05, 3.63) is 76.5 Å². The van der Waals surface area contributed by atoms with Crippen molar-refractivity contribution in [3.63, 3.8) is 0 Å². The van der Waals surface area contributed by atoms with Gasteiger partial charge >= 0.3 is 0 Å². The molecule has 0 amide bonds. The van der Waals surface area contributed by atoms with E-state index < -0.39 is 10.0 Å². The van der Waals surface area contributed by atoms with Crippen molar-refractivity contribution in [3.8, 4) is 0 Å². The molecule has 0 aliphatic heterocycles. The van der Waals surface area contributed by atoms with E-state index in [4.69, 9.17) is 23.2 Å². The van der Waals surface area contributed by atoms with Gasteiger partial charge in [0.15, 0.2) is 0 Å². The first kappa shape index (κ1) is 19.0. The Morgan fingerprint density at radius 3 is 2.23 bits per heavy atom. The number of hydrogen-bond donors (Lipinski definition) is 1. The van der Waals surface area contributed by atoms with E-state index >= 15 is 0 Å². The predicted molar refractivity (Wildman–Crippen MR) is 107 cm³/mol. The van der Waals surface area contributed by atoms with Gasteiger partial charge in [-0.3, -0.25) is 9.71 Å². The summed E-state index contributed by atoms with van der Waals surface area (Å²) in [7, 11) is -3.71. The fraction of sp³-hybridized carbons (Fsp3) is 0.0556. The summed E-state index contributed by atoms with van der Waals surface area (Å²) < 4.78 is 28.0. The van der Waals surface area contributed by atoms with Gasteiger partial charge in [0.1, 0.15) is 0 Å². The number of anilines is 1. The summed E-state index contributed by atoms with van der Waals surface area (Å²) in [6.45, 7) is 1.90. The summed E-state index contributed by atoms with van der Waals surface area (Å²) >= 11 is 13.6. The molecule has 0 atom stereocenters. The molecule has 3 rings (SSSR count). The van der Waals surface area contributed by atoms with Crippen LogP contribution in [0.1, 0.15) is 5.56 Å². The van der Waals surface area contributed by atoms with E-state index in [1.165, 1.54) is 24.2 Å². The first-order valence-electron chi connectivity index (χ1n) is 7.52. The van der Waals surface area contributed by atoms with Crippen molar-refractivity contribution in [1.82, 2.24) is 4.98 Å². The van der Waals surface area contributed by atoms with Gasteiger partial charge in [0, 0.05) is 17.3 Å². The highest BCUT2D eigenvalue weighted by Gasteiger charge is 2.17. The van der Waals surface area contributed by atoms with Gasteiger partial charge in [0.05, 0.1) is 25.5 Å². The van der Waals surface area contributed by atoms with Crippen LogP contribution in [0.4, 0.5) is 5.69 Å². The summed E-state index contributed by atoms with van der Waals surface area (Å²) in [5, 5.41) is 0.803. The summed E-state index contributed by atoms with van der Waals surface area (Å²) in [5.41, 5.74) is 1.43. The van der Waals surface area contributed by atoms with Crippen molar-refractivity contribution < 1.29 is 8.42 Å². The molecule has 0 unspecified atom stereocenters. The number of halogens is 2. The largest absolute Gasteiger partial charge is 0.278 e. The Bertz CT molecular complexity index is 1020. The average molecular weight is 425 g/mol. The molecule has 0 fully saturated rings. The zero-order valence-corrected chi connectivity index (χ0v) is 16.8. The number of nitrogens with zero attached hydrogens (tertiary/aromatic N) is 1. The predicted octanol–water partition coefficient (Wildman–Crippen LogP) is 5.65. The Labute approximate surface area is 166 Å². The second-order valence-corrected chi connectivity index (χ2v) is 9.00. The Morgan fingerprint density at radius 1 is 0.962 bits per heavy atom. The van der Waals surface area contributed by atoms with Crippen molar-refractivity contribution in [2.45, 2.75) is 21.6 Å². The van der Waals surface area contributed by atoms with Crippen LogP contribution >= 0.6 is 35.0 Å². The standard InChI is InChI=1S/C18H14Cl2N2O2S2/c1-12-6-8-13(9-7-12)26(23,24)22-16-4-2-3-5-17(16)25-18-14(19)10-21-11-15(18)20/h2-11,22H,1H3. The van der Waals surface area contributed by atoms with Crippen LogP contribution in [0.3, 0.4) is 0 Å². The number of pyridine rings is 1. The maximum atomic E-state index is 12.7. The molecule has 1 N–H and O–H groups in total. The number of aromatic nitrogens is 1. The molecule has 134 valence electrons. The van der Waals surface area contributed by atoms with Crippen LogP contribution in [-0.2, 0) is 10.0 Å². The number of sulfonamides is 1. The number of hydrogen-bond acceptors (Lipinski definition) is 4. The molecule has 0 saturated heterocycles. The zero-order valence-electron chi connectivity index (χ0n) is 13.6. The van der Waals surface area contributed by atoms with Gasteiger partial charge in [-0.05, 0) is 31.2 Å². The van der Waals surface area contributed by atoms with Gasteiger partial charge in [-0.25, -0.2) is 8.42 Å².